The van der Waals surface area contributed by atoms with E-state index in [-0.39, 0.29) is 30.3 Å². The van der Waals surface area contributed by atoms with Crippen LogP contribution in [0.1, 0.15) is 5.56 Å². The first-order chi connectivity index (χ1) is 11.9. The van der Waals surface area contributed by atoms with Gasteiger partial charge in [-0.1, -0.05) is 17.7 Å². The largest absolute Gasteiger partial charge is 0.491 e. The molecule has 0 radical (unpaired) electrons. The van der Waals surface area contributed by atoms with Gasteiger partial charge in [0.05, 0.1) is 6.54 Å². The van der Waals surface area contributed by atoms with Crippen LogP contribution >= 0.6 is 0 Å². The SMILES string of the molecule is Cc1ccc(OC[C@H](O)Cn2c(N)nc3c2c(=O)[nH]c(=O)n3C)cc1. The van der Waals surface area contributed by atoms with Gasteiger partial charge in [0.1, 0.15) is 18.5 Å². The number of aryl methyl sites for hydroxylation is 2. The molecule has 9 heteroatoms. The number of ether oxygens (including phenoxy) is 1. The summed E-state index contributed by atoms with van der Waals surface area (Å²) in [6, 6.07) is 7.43. The number of aromatic nitrogens is 4. The van der Waals surface area contributed by atoms with Crippen LogP contribution in [0.15, 0.2) is 33.9 Å². The second kappa shape index (κ2) is 6.44. The lowest BCUT2D eigenvalue weighted by atomic mass is 10.2. The number of aliphatic hydroxyl groups excluding tert-OH is 1. The van der Waals surface area contributed by atoms with E-state index in [9.17, 15) is 14.7 Å². The second-order valence-corrected chi connectivity index (χ2v) is 5.85. The number of aromatic amines is 1. The van der Waals surface area contributed by atoms with Crippen molar-refractivity contribution in [1.29, 1.82) is 0 Å². The monoisotopic (exact) mass is 345 g/mol. The van der Waals surface area contributed by atoms with Crippen LogP contribution in [-0.2, 0) is 13.6 Å². The number of nitrogens with two attached hydrogens (primary N) is 1. The molecule has 0 saturated heterocycles. The number of H-pyrrole nitrogens is 1. The zero-order chi connectivity index (χ0) is 18.1. The zero-order valence-corrected chi connectivity index (χ0v) is 13.9. The van der Waals surface area contributed by atoms with Gasteiger partial charge in [-0.15, -0.1) is 0 Å². The maximum atomic E-state index is 12.1. The van der Waals surface area contributed by atoms with E-state index in [2.05, 4.69) is 9.97 Å². The van der Waals surface area contributed by atoms with Crippen LogP contribution in [-0.4, -0.2) is 36.9 Å². The molecule has 0 spiro atoms. The van der Waals surface area contributed by atoms with Gasteiger partial charge in [-0.3, -0.25) is 14.3 Å². The highest BCUT2D eigenvalue weighted by molar-refractivity contribution is 5.73. The van der Waals surface area contributed by atoms with Gasteiger partial charge in [0.15, 0.2) is 11.2 Å². The molecular formula is C16H19N5O4. The molecule has 0 bridgehead atoms. The third kappa shape index (κ3) is 3.26. The molecule has 0 aliphatic rings. The predicted octanol–water partition coefficient (Wildman–Crippen LogP) is -0.246. The highest BCUT2D eigenvalue weighted by Crippen LogP contribution is 2.15. The first kappa shape index (κ1) is 16.8. The highest BCUT2D eigenvalue weighted by Gasteiger charge is 2.18. The molecule has 132 valence electrons. The molecule has 2 aromatic heterocycles. The Balaban J connectivity index is 1.81. The van der Waals surface area contributed by atoms with Crippen molar-refractivity contribution >= 4 is 17.1 Å². The number of nitrogens with zero attached hydrogens (tertiary/aromatic N) is 3. The van der Waals surface area contributed by atoms with Gasteiger partial charge in [-0.25, -0.2) is 4.79 Å². The normalized spacial score (nSPS) is 12.4. The average Bonchev–Trinajstić information content (AvgIpc) is 2.89. The van der Waals surface area contributed by atoms with Crippen molar-refractivity contribution in [3.05, 3.63) is 50.7 Å². The van der Waals surface area contributed by atoms with Crippen LogP contribution in [0.5, 0.6) is 5.75 Å². The summed E-state index contributed by atoms with van der Waals surface area (Å²) in [6.07, 6.45) is -0.919. The Kier molecular flexibility index (Phi) is 4.32. The minimum Gasteiger partial charge on any atom is -0.491 e. The molecule has 3 aromatic rings. The molecule has 0 aliphatic heterocycles. The van der Waals surface area contributed by atoms with Crippen molar-refractivity contribution in [3.8, 4) is 5.75 Å². The third-order valence-electron chi connectivity index (χ3n) is 3.89. The molecule has 9 nitrogen and oxygen atoms in total. The second-order valence-electron chi connectivity index (χ2n) is 5.85. The summed E-state index contributed by atoms with van der Waals surface area (Å²) in [5.41, 5.74) is 6.07. The first-order valence-electron chi connectivity index (χ1n) is 7.69. The van der Waals surface area contributed by atoms with E-state index >= 15 is 0 Å². The van der Waals surface area contributed by atoms with Gasteiger partial charge in [0.25, 0.3) is 5.56 Å². The number of imidazole rings is 1. The molecule has 0 fully saturated rings. The van der Waals surface area contributed by atoms with Crippen LogP contribution in [0.2, 0.25) is 0 Å². The van der Waals surface area contributed by atoms with E-state index in [0.29, 0.717) is 5.75 Å². The molecule has 1 aromatic carbocycles. The Labute approximate surface area is 142 Å². The fourth-order valence-corrected chi connectivity index (χ4v) is 2.53. The molecule has 25 heavy (non-hydrogen) atoms. The lowest BCUT2D eigenvalue weighted by Gasteiger charge is -2.14. The van der Waals surface area contributed by atoms with Crippen LogP contribution in [0.4, 0.5) is 5.95 Å². The van der Waals surface area contributed by atoms with Crippen LogP contribution in [0.3, 0.4) is 0 Å². The quantitative estimate of drug-likeness (QED) is 0.585. The van der Waals surface area contributed by atoms with Gasteiger partial charge in [0, 0.05) is 7.05 Å². The Morgan fingerprint density at radius 2 is 2.00 bits per heavy atom. The van der Waals surface area contributed by atoms with Gasteiger partial charge in [0.2, 0.25) is 5.95 Å². The van der Waals surface area contributed by atoms with Gasteiger partial charge in [-0.05, 0) is 19.1 Å². The number of hydrogen-bond donors (Lipinski definition) is 3. The Morgan fingerprint density at radius 3 is 2.68 bits per heavy atom. The summed E-state index contributed by atoms with van der Waals surface area (Å²) < 4.78 is 8.10. The number of anilines is 1. The van der Waals surface area contributed by atoms with Gasteiger partial charge in [-0.2, -0.15) is 4.98 Å². The molecule has 0 saturated carbocycles. The molecule has 4 N–H and O–H groups in total. The summed E-state index contributed by atoms with van der Waals surface area (Å²) in [5.74, 6) is 0.671. The topological polar surface area (TPSA) is 128 Å². The van der Waals surface area contributed by atoms with E-state index in [1.165, 1.54) is 16.2 Å². The molecule has 0 aliphatic carbocycles. The van der Waals surface area contributed by atoms with Crippen molar-refractivity contribution in [2.24, 2.45) is 7.05 Å². The van der Waals surface area contributed by atoms with E-state index in [0.717, 1.165) is 5.56 Å². The van der Waals surface area contributed by atoms with Crippen molar-refractivity contribution in [1.82, 2.24) is 19.1 Å². The van der Waals surface area contributed by atoms with E-state index < -0.39 is 17.4 Å². The third-order valence-corrected chi connectivity index (χ3v) is 3.89. The molecule has 1 atom stereocenters. The lowest BCUT2D eigenvalue weighted by molar-refractivity contribution is 0.0939. The average molecular weight is 345 g/mol. The minimum atomic E-state index is -0.919. The fourth-order valence-electron chi connectivity index (χ4n) is 2.53. The lowest BCUT2D eigenvalue weighted by Crippen LogP contribution is -2.30. The van der Waals surface area contributed by atoms with Crippen molar-refractivity contribution in [2.75, 3.05) is 12.3 Å². The predicted molar refractivity (Wildman–Crippen MR) is 92.7 cm³/mol. The van der Waals surface area contributed by atoms with Crippen LogP contribution in [0, 0.1) is 6.92 Å². The maximum Gasteiger partial charge on any atom is 0.329 e. The Bertz CT molecular complexity index is 1020. The van der Waals surface area contributed by atoms with Crippen molar-refractivity contribution < 1.29 is 9.84 Å². The van der Waals surface area contributed by atoms with Crippen LogP contribution < -0.4 is 21.7 Å². The first-order valence-corrected chi connectivity index (χ1v) is 7.69. The Hall–Kier alpha value is -3.07. The molecule has 0 unspecified atom stereocenters. The summed E-state index contributed by atoms with van der Waals surface area (Å²) >= 11 is 0. The summed E-state index contributed by atoms with van der Waals surface area (Å²) in [4.78, 5) is 29.9. The summed E-state index contributed by atoms with van der Waals surface area (Å²) in [5, 5.41) is 10.2. The fraction of sp³-hybridized carbons (Fsp3) is 0.312. The zero-order valence-electron chi connectivity index (χ0n) is 13.9. The summed E-state index contributed by atoms with van der Waals surface area (Å²) in [6.45, 7) is 2.00. The number of rotatable bonds is 5. The van der Waals surface area contributed by atoms with Gasteiger partial charge < -0.3 is 20.1 Å². The minimum absolute atomic E-state index is 0.00940. The van der Waals surface area contributed by atoms with Gasteiger partial charge >= 0.3 is 5.69 Å². The Morgan fingerprint density at radius 1 is 1.32 bits per heavy atom. The van der Waals surface area contributed by atoms with E-state index in [4.69, 9.17) is 10.5 Å². The smallest absolute Gasteiger partial charge is 0.329 e. The van der Waals surface area contributed by atoms with E-state index in [1.54, 1.807) is 0 Å². The summed E-state index contributed by atoms with van der Waals surface area (Å²) in [7, 11) is 1.48. The highest BCUT2D eigenvalue weighted by atomic mass is 16.5. The van der Waals surface area contributed by atoms with Crippen molar-refractivity contribution in [3.63, 3.8) is 0 Å². The van der Waals surface area contributed by atoms with Crippen molar-refractivity contribution in [2.45, 2.75) is 19.6 Å². The number of nitrogen functional groups attached to an aromatic ring is 1. The molecule has 2 heterocycles. The van der Waals surface area contributed by atoms with Crippen LogP contribution in [0.25, 0.3) is 11.2 Å². The number of hydrogen-bond acceptors (Lipinski definition) is 6. The number of benzene rings is 1. The van der Waals surface area contributed by atoms with E-state index in [1.807, 2.05) is 31.2 Å². The maximum absolute atomic E-state index is 12.1. The number of fused-ring (bicyclic) bond motifs is 1. The molecule has 0 amide bonds. The standard InChI is InChI=1S/C16H19N5O4/c1-9-3-5-11(6-4-9)25-8-10(22)7-21-12-13(18-15(21)17)20(2)16(24)19-14(12)23/h3-6,10,22H,7-8H2,1-2H3,(H2,17,18)(H,19,23,24)/t10-/m1/s1. The number of aliphatic hydroxyl groups is 1. The molecular weight excluding hydrogens is 326 g/mol. The number of nitrogens with one attached hydrogen (secondary N) is 1. The molecule has 3 rings (SSSR count).